The van der Waals surface area contributed by atoms with Crippen molar-refractivity contribution in [2.24, 2.45) is 10.2 Å². The van der Waals surface area contributed by atoms with E-state index in [-0.39, 0.29) is 11.0 Å². The van der Waals surface area contributed by atoms with Gasteiger partial charge in [0.15, 0.2) is 5.69 Å². The molecule has 4 rings (SSSR count). The number of para-hydroxylation sites is 1. The fourth-order valence-corrected chi connectivity index (χ4v) is 3.61. The van der Waals surface area contributed by atoms with Crippen LogP contribution >= 0.6 is 28.1 Å². The molecule has 0 aliphatic carbocycles. The third-order valence-electron chi connectivity index (χ3n) is 4.42. The Hall–Kier alpha value is -3.03. The van der Waals surface area contributed by atoms with Crippen molar-refractivity contribution in [3.8, 4) is 5.88 Å². The molecule has 0 radical (unpaired) electrons. The number of aromatic nitrogens is 1. The molecule has 4 aromatic rings. The molecular weight excluding hydrogens is 448 g/mol. The highest BCUT2D eigenvalue weighted by molar-refractivity contribution is 9.10. The van der Waals surface area contributed by atoms with E-state index in [2.05, 4.69) is 31.5 Å². The Labute approximate surface area is 181 Å². The molecule has 3 aromatic carbocycles. The second kappa shape index (κ2) is 8.55. The molecule has 7 heteroatoms. The first-order chi connectivity index (χ1) is 14.1. The summed E-state index contributed by atoms with van der Waals surface area (Å²) in [4.78, 5) is 0. The van der Waals surface area contributed by atoms with Crippen LogP contribution in [0.15, 0.2) is 93.6 Å². The van der Waals surface area contributed by atoms with Crippen LogP contribution in [0.25, 0.3) is 10.9 Å². The SMILES string of the molecule is Oc1c(N=NC(=S)Nc2ccccc2)c2cc(Br)ccc2n1Cc1ccccc1. The standard InChI is InChI=1S/C22H17BrN4OS/c23-16-11-12-19-18(13-16)20(21(28)27(19)14-15-7-3-1-4-8-15)25-26-22(29)24-17-9-5-2-6-10-17/h1-13,28H,14H2,(H,24,29). The lowest BCUT2D eigenvalue weighted by molar-refractivity contribution is 0.429. The summed E-state index contributed by atoms with van der Waals surface area (Å²) < 4.78 is 2.71. The lowest BCUT2D eigenvalue weighted by Gasteiger charge is -2.07. The minimum Gasteiger partial charge on any atom is -0.493 e. The third kappa shape index (κ3) is 4.36. The zero-order chi connectivity index (χ0) is 20.2. The van der Waals surface area contributed by atoms with E-state index >= 15 is 0 Å². The lowest BCUT2D eigenvalue weighted by atomic mass is 10.2. The third-order valence-corrected chi connectivity index (χ3v) is 5.10. The van der Waals surface area contributed by atoms with Crippen LogP contribution in [0.2, 0.25) is 0 Å². The van der Waals surface area contributed by atoms with Crippen LogP contribution in [0.5, 0.6) is 5.88 Å². The highest BCUT2D eigenvalue weighted by Crippen LogP contribution is 2.40. The van der Waals surface area contributed by atoms with Gasteiger partial charge in [-0.25, -0.2) is 0 Å². The molecule has 5 nitrogen and oxygen atoms in total. The van der Waals surface area contributed by atoms with Crippen molar-refractivity contribution in [3.63, 3.8) is 0 Å². The fourth-order valence-electron chi connectivity index (χ4n) is 3.09. The zero-order valence-electron chi connectivity index (χ0n) is 15.3. The molecule has 29 heavy (non-hydrogen) atoms. The first-order valence-electron chi connectivity index (χ1n) is 8.94. The van der Waals surface area contributed by atoms with E-state index in [1.165, 1.54) is 0 Å². The minimum absolute atomic E-state index is 0.0493. The van der Waals surface area contributed by atoms with Crippen molar-refractivity contribution < 1.29 is 5.11 Å². The first-order valence-corrected chi connectivity index (χ1v) is 10.1. The van der Waals surface area contributed by atoms with E-state index in [4.69, 9.17) is 12.2 Å². The van der Waals surface area contributed by atoms with Crippen molar-refractivity contribution in [2.45, 2.75) is 6.54 Å². The lowest BCUT2D eigenvalue weighted by Crippen LogP contribution is -2.04. The zero-order valence-corrected chi connectivity index (χ0v) is 17.7. The molecule has 144 valence electrons. The molecular formula is C22H17BrN4OS. The van der Waals surface area contributed by atoms with Crippen molar-refractivity contribution in [1.82, 2.24) is 4.57 Å². The van der Waals surface area contributed by atoms with Crippen LogP contribution in [0.1, 0.15) is 5.56 Å². The van der Waals surface area contributed by atoms with Gasteiger partial charge in [-0.3, -0.25) is 0 Å². The normalized spacial score (nSPS) is 11.2. The largest absolute Gasteiger partial charge is 0.493 e. The Bertz CT molecular complexity index is 1190. The molecule has 0 fully saturated rings. The predicted octanol–water partition coefficient (Wildman–Crippen LogP) is 6.64. The summed E-state index contributed by atoms with van der Waals surface area (Å²) in [5.74, 6) is 0.0493. The maximum atomic E-state index is 10.9. The van der Waals surface area contributed by atoms with Gasteiger partial charge in [0.05, 0.1) is 12.1 Å². The molecule has 2 N–H and O–H groups in total. The fraction of sp³-hybridized carbons (Fsp3) is 0.0455. The van der Waals surface area contributed by atoms with Crippen LogP contribution in [0, 0.1) is 0 Å². The number of fused-ring (bicyclic) bond motifs is 1. The van der Waals surface area contributed by atoms with E-state index in [9.17, 15) is 5.11 Å². The summed E-state index contributed by atoms with van der Waals surface area (Å²) in [5.41, 5.74) is 3.15. The topological polar surface area (TPSA) is 61.9 Å². The second-order valence-corrected chi connectivity index (χ2v) is 7.70. The van der Waals surface area contributed by atoms with Crippen molar-refractivity contribution >= 4 is 55.5 Å². The van der Waals surface area contributed by atoms with Gasteiger partial charge in [0.1, 0.15) is 0 Å². The molecule has 0 aliphatic rings. The molecule has 1 aromatic heterocycles. The van der Waals surface area contributed by atoms with Gasteiger partial charge in [-0.1, -0.05) is 64.5 Å². The second-order valence-electron chi connectivity index (χ2n) is 6.40. The van der Waals surface area contributed by atoms with E-state index in [1.807, 2.05) is 83.4 Å². The van der Waals surface area contributed by atoms with Gasteiger partial charge in [0.25, 0.3) is 0 Å². The van der Waals surface area contributed by atoms with Crippen LogP contribution < -0.4 is 5.32 Å². The number of nitrogens with zero attached hydrogens (tertiary/aromatic N) is 3. The highest BCUT2D eigenvalue weighted by Gasteiger charge is 2.17. The van der Waals surface area contributed by atoms with Gasteiger partial charge in [0, 0.05) is 15.5 Å². The van der Waals surface area contributed by atoms with E-state index in [0.717, 1.165) is 26.6 Å². The summed E-state index contributed by atoms with van der Waals surface area (Å²) in [7, 11) is 0. The number of hydrogen-bond donors (Lipinski definition) is 2. The van der Waals surface area contributed by atoms with Gasteiger partial charge in [0.2, 0.25) is 11.0 Å². The van der Waals surface area contributed by atoms with Gasteiger partial charge >= 0.3 is 0 Å². The minimum atomic E-state index is 0.0493. The molecule has 0 atom stereocenters. The maximum Gasteiger partial charge on any atom is 0.221 e. The highest BCUT2D eigenvalue weighted by atomic mass is 79.9. The van der Waals surface area contributed by atoms with E-state index in [1.54, 1.807) is 0 Å². The predicted molar refractivity (Wildman–Crippen MR) is 124 cm³/mol. The number of aromatic hydroxyl groups is 1. The van der Waals surface area contributed by atoms with Crippen molar-refractivity contribution in [1.29, 1.82) is 0 Å². The van der Waals surface area contributed by atoms with E-state index in [0.29, 0.717) is 12.2 Å². The number of benzene rings is 3. The average molecular weight is 465 g/mol. The van der Waals surface area contributed by atoms with Crippen molar-refractivity contribution in [3.05, 3.63) is 88.9 Å². The van der Waals surface area contributed by atoms with Gasteiger partial charge in [-0.05, 0) is 48.1 Å². The molecule has 0 saturated carbocycles. The van der Waals surface area contributed by atoms with Crippen LogP contribution in [-0.2, 0) is 6.54 Å². The summed E-state index contributed by atoms with van der Waals surface area (Å²) in [6.45, 7) is 0.521. The van der Waals surface area contributed by atoms with Crippen LogP contribution in [0.3, 0.4) is 0 Å². The number of rotatable bonds is 4. The molecule has 0 saturated heterocycles. The Kier molecular flexibility index (Phi) is 5.69. The van der Waals surface area contributed by atoms with Gasteiger partial charge in [-0.2, -0.15) is 0 Å². The van der Waals surface area contributed by atoms with Gasteiger partial charge < -0.3 is 15.0 Å². The van der Waals surface area contributed by atoms with Gasteiger partial charge in [-0.15, -0.1) is 10.2 Å². The quantitative estimate of drug-likeness (QED) is 0.262. The molecule has 0 aliphatic heterocycles. The monoisotopic (exact) mass is 464 g/mol. The molecule has 1 heterocycles. The summed E-state index contributed by atoms with van der Waals surface area (Å²) in [5, 5.41) is 23.3. The smallest absolute Gasteiger partial charge is 0.221 e. The summed E-state index contributed by atoms with van der Waals surface area (Å²) >= 11 is 8.76. The molecule has 0 unspecified atom stereocenters. The number of halogens is 1. The summed E-state index contributed by atoms with van der Waals surface area (Å²) in [6, 6.07) is 25.3. The Balaban J connectivity index is 1.69. The number of thiocarbonyl (C=S) groups is 1. The molecule has 0 bridgehead atoms. The average Bonchev–Trinajstić information content (AvgIpc) is 2.98. The summed E-state index contributed by atoms with van der Waals surface area (Å²) in [6.07, 6.45) is 0. The number of anilines is 1. The number of nitrogens with one attached hydrogen (secondary N) is 1. The first kappa shape index (κ1) is 19.3. The van der Waals surface area contributed by atoms with E-state index < -0.39 is 0 Å². The van der Waals surface area contributed by atoms with Crippen molar-refractivity contribution in [2.75, 3.05) is 5.32 Å². The Morgan fingerprint density at radius 3 is 2.41 bits per heavy atom. The molecule has 0 amide bonds. The number of hydrogen-bond acceptors (Lipinski definition) is 3. The molecule has 0 spiro atoms. The Morgan fingerprint density at radius 2 is 1.69 bits per heavy atom. The van der Waals surface area contributed by atoms with Crippen LogP contribution in [-0.4, -0.2) is 14.8 Å². The maximum absolute atomic E-state index is 10.9. The Morgan fingerprint density at radius 1 is 1.00 bits per heavy atom. The van der Waals surface area contributed by atoms with Crippen LogP contribution in [0.4, 0.5) is 11.4 Å². The number of azo groups is 1.